The molecule has 344 valence electrons. The van der Waals surface area contributed by atoms with Crippen LogP contribution < -0.4 is 4.90 Å². The lowest BCUT2D eigenvalue weighted by Gasteiger charge is -2.27. The standard InChI is InChI=1S/C68H47N5/c1-68(2)60-30-15-14-29-56(60)57-42-59-58-41-52(35-37-63(58)73(64(59)43-61(57)68)67-70-65(46-21-8-4-9-22-46)69-66(71-67)47-23-10-5-11-24-47)49-32-33-51-40-54(36-34-50(51)38-49)72(62-31-17-25-45-20-12-13-28-55(45)62)53-27-16-26-48(39-53)44-18-6-3-7-19-44/h3-43H,1-2H3. The molecule has 5 heteroatoms. The second-order valence-electron chi connectivity index (χ2n) is 19.7. The van der Waals surface area contributed by atoms with Gasteiger partial charge < -0.3 is 4.90 Å². The van der Waals surface area contributed by atoms with Crippen LogP contribution in [0.25, 0.3) is 105 Å². The SMILES string of the molecule is CC1(C)c2ccccc2-c2cc3c4cc(-c5ccc6cc(N(c7cccc(-c8ccccc8)c7)c7cccc8ccccc78)ccc6c5)ccc4n(-c4nc(-c5ccccc5)nc(-c5ccccc5)n4)c3cc21. The van der Waals surface area contributed by atoms with Gasteiger partial charge >= 0.3 is 0 Å². The molecule has 73 heavy (non-hydrogen) atoms. The summed E-state index contributed by atoms with van der Waals surface area (Å²) < 4.78 is 2.26. The van der Waals surface area contributed by atoms with Gasteiger partial charge in [0.15, 0.2) is 11.6 Å². The predicted octanol–water partition coefficient (Wildman–Crippen LogP) is 17.7. The van der Waals surface area contributed by atoms with Crippen LogP contribution in [-0.4, -0.2) is 19.5 Å². The van der Waals surface area contributed by atoms with Crippen molar-refractivity contribution in [3.8, 4) is 62.1 Å². The van der Waals surface area contributed by atoms with Gasteiger partial charge in [-0.3, -0.25) is 4.57 Å². The Kier molecular flexibility index (Phi) is 9.80. The molecule has 0 atom stereocenters. The fourth-order valence-corrected chi connectivity index (χ4v) is 11.3. The quantitative estimate of drug-likeness (QED) is 0.152. The summed E-state index contributed by atoms with van der Waals surface area (Å²) >= 11 is 0. The van der Waals surface area contributed by atoms with Crippen LogP contribution in [0.3, 0.4) is 0 Å². The minimum absolute atomic E-state index is 0.195. The van der Waals surface area contributed by atoms with E-state index in [2.05, 4.69) is 236 Å². The molecule has 2 aromatic heterocycles. The Morgan fingerprint density at radius 1 is 0.342 bits per heavy atom. The fraction of sp³-hybridized carbons (Fsp3) is 0.0441. The Morgan fingerprint density at radius 2 is 0.918 bits per heavy atom. The number of hydrogen-bond donors (Lipinski definition) is 0. The molecule has 0 fully saturated rings. The van der Waals surface area contributed by atoms with Gasteiger partial charge in [-0.2, -0.15) is 9.97 Å². The number of anilines is 3. The van der Waals surface area contributed by atoms with Gasteiger partial charge in [0.1, 0.15) is 0 Å². The molecule has 2 heterocycles. The molecule has 14 rings (SSSR count). The van der Waals surface area contributed by atoms with E-state index in [1.54, 1.807) is 0 Å². The van der Waals surface area contributed by atoms with Crippen molar-refractivity contribution >= 4 is 60.4 Å². The van der Waals surface area contributed by atoms with Gasteiger partial charge in [0.2, 0.25) is 5.95 Å². The first-order valence-electron chi connectivity index (χ1n) is 25.0. The van der Waals surface area contributed by atoms with Crippen LogP contribution in [0.4, 0.5) is 17.1 Å². The van der Waals surface area contributed by atoms with Crippen LogP contribution in [0.1, 0.15) is 25.0 Å². The monoisotopic (exact) mass is 933 g/mol. The Bertz CT molecular complexity index is 4230. The Hall–Kier alpha value is -9.45. The van der Waals surface area contributed by atoms with E-state index in [1.165, 1.54) is 54.9 Å². The van der Waals surface area contributed by atoms with Crippen molar-refractivity contribution in [3.05, 3.63) is 260 Å². The first kappa shape index (κ1) is 42.4. The van der Waals surface area contributed by atoms with E-state index in [0.717, 1.165) is 61.1 Å². The molecular weight excluding hydrogens is 887 g/mol. The van der Waals surface area contributed by atoms with E-state index in [0.29, 0.717) is 17.6 Å². The van der Waals surface area contributed by atoms with Crippen LogP contribution in [0.2, 0.25) is 0 Å². The van der Waals surface area contributed by atoms with Crippen molar-refractivity contribution in [2.45, 2.75) is 19.3 Å². The molecule has 0 spiro atoms. The summed E-state index contributed by atoms with van der Waals surface area (Å²) in [7, 11) is 0. The Labute approximate surface area is 424 Å². The van der Waals surface area contributed by atoms with Crippen molar-refractivity contribution in [1.82, 2.24) is 19.5 Å². The third-order valence-electron chi connectivity index (χ3n) is 15.0. The molecule has 0 aliphatic heterocycles. The zero-order chi connectivity index (χ0) is 48.6. The number of hydrogen-bond acceptors (Lipinski definition) is 4. The van der Waals surface area contributed by atoms with Crippen molar-refractivity contribution < 1.29 is 0 Å². The van der Waals surface area contributed by atoms with Crippen molar-refractivity contribution in [2.24, 2.45) is 0 Å². The van der Waals surface area contributed by atoms with Crippen LogP contribution in [0, 0.1) is 0 Å². The Morgan fingerprint density at radius 3 is 1.70 bits per heavy atom. The third-order valence-corrected chi connectivity index (χ3v) is 15.0. The highest BCUT2D eigenvalue weighted by atomic mass is 15.2. The molecule has 11 aromatic carbocycles. The molecule has 0 saturated carbocycles. The van der Waals surface area contributed by atoms with Crippen LogP contribution >= 0.6 is 0 Å². The summed E-state index contributed by atoms with van der Waals surface area (Å²) in [5.74, 6) is 1.84. The summed E-state index contributed by atoms with van der Waals surface area (Å²) in [4.78, 5) is 18.0. The highest BCUT2D eigenvalue weighted by molar-refractivity contribution is 6.13. The summed E-state index contributed by atoms with van der Waals surface area (Å²) in [5, 5.41) is 7.03. The fourth-order valence-electron chi connectivity index (χ4n) is 11.3. The molecular formula is C68H47N5. The topological polar surface area (TPSA) is 46.8 Å². The minimum Gasteiger partial charge on any atom is -0.310 e. The molecule has 13 aromatic rings. The maximum Gasteiger partial charge on any atom is 0.238 e. The van der Waals surface area contributed by atoms with Crippen molar-refractivity contribution in [1.29, 1.82) is 0 Å². The first-order chi connectivity index (χ1) is 35.9. The lowest BCUT2D eigenvalue weighted by Crippen LogP contribution is -2.15. The lowest BCUT2D eigenvalue weighted by molar-refractivity contribution is 0.661. The van der Waals surface area contributed by atoms with E-state index in [-0.39, 0.29) is 5.41 Å². The normalized spacial score (nSPS) is 12.6. The number of aromatic nitrogens is 4. The maximum absolute atomic E-state index is 5.28. The molecule has 1 aliphatic rings. The number of fused-ring (bicyclic) bond motifs is 8. The van der Waals surface area contributed by atoms with E-state index < -0.39 is 0 Å². The van der Waals surface area contributed by atoms with E-state index in [9.17, 15) is 0 Å². The third kappa shape index (κ3) is 7.11. The average molecular weight is 934 g/mol. The predicted molar refractivity (Wildman–Crippen MR) is 303 cm³/mol. The van der Waals surface area contributed by atoms with Crippen molar-refractivity contribution in [2.75, 3.05) is 4.90 Å². The lowest BCUT2D eigenvalue weighted by atomic mass is 9.82. The largest absolute Gasteiger partial charge is 0.310 e. The summed E-state index contributed by atoms with van der Waals surface area (Å²) in [6.07, 6.45) is 0. The van der Waals surface area contributed by atoms with E-state index >= 15 is 0 Å². The molecule has 0 unspecified atom stereocenters. The van der Waals surface area contributed by atoms with Gasteiger partial charge in [-0.15, -0.1) is 0 Å². The Balaban J connectivity index is 0.929. The molecule has 5 nitrogen and oxygen atoms in total. The van der Waals surface area contributed by atoms with Gasteiger partial charge in [-0.25, -0.2) is 4.98 Å². The molecule has 1 aliphatic carbocycles. The first-order valence-corrected chi connectivity index (χ1v) is 25.0. The average Bonchev–Trinajstić information content (AvgIpc) is 3.90. The van der Waals surface area contributed by atoms with Crippen LogP contribution in [0.15, 0.2) is 249 Å². The van der Waals surface area contributed by atoms with Gasteiger partial charge in [-0.1, -0.05) is 202 Å². The highest BCUT2D eigenvalue weighted by Gasteiger charge is 2.36. The number of nitrogens with zero attached hydrogens (tertiary/aromatic N) is 5. The zero-order valence-electron chi connectivity index (χ0n) is 40.4. The molecule has 0 N–H and O–H groups in total. The smallest absolute Gasteiger partial charge is 0.238 e. The molecule has 0 bridgehead atoms. The number of rotatable bonds is 8. The van der Waals surface area contributed by atoms with Gasteiger partial charge in [-0.05, 0) is 121 Å². The van der Waals surface area contributed by atoms with E-state index in [1.807, 2.05) is 36.4 Å². The molecule has 0 radical (unpaired) electrons. The highest BCUT2D eigenvalue weighted by Crippen LogP contribution is 2.51. The second-order valence-corrected chi connectivity index (χ2v) is 19.7. The summed E-state index contributed by atoms with van der Waals surface area (Å²) in [6.45, 7) is 4.68. The summed E-state index contributed by atoms with van der Waals surface area (Å²) in [5.41, 5.74) is 16.9. The van der Waals surface area contributed by atoms with Crippen LogP contribution in [0.5, 0.6) is 0 Å². The second kappa shape index (κ2) is 16.9. The van der Waals surface area contributed by atoms with Gasteiger partial charge in [0, 0.05) is 44.1 Å². The van der Waals surface area contributed by atoms with Crippen LogP contribution in [-0.2, 0) is 5.41 Å². The van der Waals surface area contributed by atoms with E-state index in [4.69, 9.17) is 15.0 Å². The molecule has 0 amide bonds. The van der Waals surface area contributed by atoms with Crippen molar-refractivity contribution in [3.63, 3.8) is 0 Å². The zero-order valence-corrected chi connectivity index (χ0v) is 40.4. The summed E-state index contributed by atoms with van der Waals surface area (Å²) in [6, 6.07) is 89.5. The molecule has 0 saturated heterocycles. The van der Waals surface area contributed by atoms with Gasteiger partial charge in [0.05, 0.1) is 16.7 Å². The van der Waals surface area contributed by atoms with Gasteiger partial charge in [0.25, 0.3) is 0 Å². The number of benzene rings is 11. The maximum atomic E-state index is 5.28. The minimum atomic E-state index is -0.195.